The summed E-state index contributed by atoms with van der Waals surface area (Å²) in [6, 6.07) is 21.5. The molecule has 0 saturated heterocycles. The van der Waals surface area contributed by atoms with Crippen LogP contribution in [-0.2, 0) is 0 Å². The van der Waals surface area contributed by atoms with E-state index in [1.54, 1.807) is 0 Å². The van der Waals surface area contributed by atoms with Gasteiger partial charge in [0.2, 0.25) is 0 Å². The fraction of sp³-hybridized carbons (Fsp3) is 0. The van der Waals surface area contributed by atoms with E-state index in [0.717, 1.165) is 4.47 Å². The molecule has 0 bridgehead atoms. The number of halogens is 2. The molecule has 3 aromatic rings. The van der Waals surface area contributed by atoms with E-state index in [-0.39, 0.29) is 0 Å². The molecule has 2 heteroatoms. The van der Waals surface area contributed by atoms with Gasteiger partial charge in [-0.3, -0.25) is 0 Å². The highest BCUT2D eigenvalue weighted by molar-refractivity contribution is 14.1. The molecule has 0 nitrogen and oxygen atoms in total. The van der Waals surface area contributed by atoms with Crippen molar-refractivity contribution in [1.29, 1.82) is 0 Å². The third-order valence-corrected chi connectivity index (χ3v) is 4.12. The number of hydrogen-bond donors (Lipinski definition) is 0. The van der Waals surface area contributed by atoms with E-state index < -0.39 is 0 Å². The van der Waals surface area contributed by atoms with Gasteiger partial charge in [-0.1, -0.05) is 46.3 Å². The van der Waals surface area contributed by atoms with Crippen molar-refractivity contribution >= 4 is 49.3 Å². The van der Waals surface area contributed by atoms with E-state index in [1.165, 1.54) is 25.5 Å². The fourth-order valence-corrected chi connectivity index (χ4v) is 2.98. The minimum Gasteiger partial charge on any atom is -0.0605 e. The Morgan fingerprint density at radius 2 is 1.44 bits per heavy atom. The summed E-state index contributed by atoms with van der Waals surface area (Å²) < 4.78 is 2.39. The highest BCUT2D eigenvalue weighted by atomic mass is 127. The Morgan fingerprint density at radius 3 is 2.28 bits per heavy atom. The third-order valence-electron chi connectivity index (χ3n) is 2.96. The van der Waals surface area contributed by atoms with Crippen LogP contribution in [0.4, 0.5) is 0 Å². The highest BCUT2D eigenvalue weighted by Gasteiger charge is 2.00. The van der Waals surface area contributed by atoms with E-state index in [4.69, 9.17) is 0 Å². The lowest BCUT2D eigenvalue weighted by atomic mass is 10.0. The van der Waals surface area contributed by atoms with E-state index in [1.807, 2.05) is 6.07 Å². The lowest BCUT2D eigenvalue weighted by Crippen LogP contribution is -1.80. The molecule has 0 radical (unpaired) electrons. The van der Waals surface area contributed by atoms with E-state index in [9.17, 15) is 0 Å². The van der Waals surface area contributed by atoms with E-state index in [2.05, 4.69) is 93.1 Å². The monoisotopic (exact) mass is 408 g/mol. The van der Waals surface area contributed by atoms with Gasteiger partial charge in [0.25, 0.3) is 0 Å². The van der Waals surface area contributed by atoms with Crippen LogP contribution < -0.4 is 0 Å². The van der Waals surface area contributed by atoms with E-state index >= 15 is 0 Å². The zero-order chi connectivity index (χ0) is 12.5. The van der Waals surface area contributed by atoms with Gasteiger partial charge < -0.3 is 0 Å². The molecule has 0 N–H and O–H groups in total. The summed E-state index contributed by atoms with van der Waals surface area (Å²) in [6.07, 6.45) is 0. The van der Waals surface area contributed by atoms with Gasteiger partial charge in [-0.2, -0.15) is 0 Å². The Balaban J connectivity index is 2.16. The van der Waals surface area contributed by atoms with Crippen molar-refractivity contribution in [2.45, 2.75) is 0 Å². The SMILES string of the molecule is Brc1cccc(-c2ccc3cc(I)ccc3c2)c1. The lowest BCUT2D eigenvalue weighted by Gasteiger charge is -2.05. The number of hydrogen-bond acceptors (Lipinski definition) is 0. The quantitative estimate of drug-likeness (QED) is 0.441. The van der Waals surface area contributed by atoms with Gasteiger partial charge in [0.15, 0.2) is 0 Å². The maximum absolute atomic E-state index is 3.52. The Labute approximate surface area is 128 Å². The maximum Gasteiger partial charge on any atom is 0.0181 e. The summed E-state index contributed by atoms with van der Waals surface area (Å²) in [7, 11) is 0. The predicted octanol–water partition coefficient (Wildman–Crippen LogP) is 5.87. The molecule has 88 valence electrons. The first kappa shape index (κ1) is 12.2. The minimum atomic E-state index is 1.11. The van der Waals surface area contributed by atoms with Gasteiger partial charge in [0, 0.05) is 8.04 Å². The largest absolute Gasteiger partial charge is 0.0605 e. The molecule has 0 unspecified atom stereocenters. The average molecular weight is 409 g/mol. The molecule has 0 aliphatic rings. The molecular formula is C16H10BrI. The normalized spacial score (nSPS) is 10.8. The second kappa shape index (κ2) is 5.02. The summed E-state index contributed by atoms with van der Waals surface area (Å²) in [6.45, 7) is 0. The molecular weight excluding hydrogens is 399 g/mol. The minimum absolute atomic E-state index is 1.11. The van der Waals surface area contributed by atoms with Gasteiger partial charge in [0.05, 0.1) is 0 Å². The molecule has 0 amide bonds. The molecule has 0 aromatic heterocycles. The van der Waals surface area contributed by atoms with Crippen molar-refractivity contribution in [3.05, 3.63) is 68.7 Å². The molecule has 0 fully saturated rings. The summed E-state index contributed by atoms with van der Waals surface area (Å²) in [4.78, 5) is 0. The standard InChI is InChI=1S/C16H10BrI/c17-15-3-1-2-11(9-15)12-4-5-14-10-16(18)7-6-13(14)8-12/h1-10H. The number of benzene rings is 3. The van der Waals surface area contributed by atoms with Crippen LogP contribution in [-0.4, -0.2) is 0 Å². The Hall–Kier alpha value is -0.870. The molecule has 0 saturated carbocycles. The average Bonchev–Trinajstić information content (AvgIpc) is 2.38. The molecule has 3 aromatic carbocycles. The predicted molar refractivity (Wildman–Crippen MR) is 89.8 cm³/mol. The summed E-state index contributed by atoms with van der Waals surface area (Å²) in [5.74, 6) is 0. The van der Waals surface area contributed by atoms with Gasteiger partial charge in [0.1, 0.15) is 0 Å². The van der Waals surface area contributed by atoms with Crippen molar-refractivity contribution in [1.82, 2.24) is 0 Å². The molecule has 0 heterocycles. The Morgan fingerprint density at radius 1 is 0.722 bits per heavy atom. The van der Waals surface area contributed by atoms with Crippen molar-refractivity contribution < 1.29 is 0 Å². The van der Waals surface area contributed by atoms with Gasteiger partial charge in [-0.25, -0.2) is 0 Å². The van der Waals surface area contributed by atoms with Crippen molar-refractivity contribution in [3.63, 3.8) is 0 Å². The third kappa shape index (κ3) is 2.45. The fourth-order valence-electron chi connectivity index (χ4n) is 2.06. The lowest BCUT2D eigenvalue weighted by molar-refractivity contribution is 1.61. The van der Waals surface area contributed by atoms with Crippen LogP contribution in [0.3, 0.4) is 0 Å². The summed E-state index contributed by atoms with van der Waals surface area (Å²) in [5.41, 5.74) is 2.50. The molecule has 0 aliphatic heterocycles. The first-order valence-corrected chi connectivity index (χ1v) is 7.55. The molecule has 0 spiro atoms. The zero-order valence-corrected chi connectivity index (χ0v) is 13.3. The van der Waals surface area contributed by atoms with Crippen LogP contribution in [0.1, 0.15) is 0 Å². The zero-order valence-electron chi connectivity index (χ0n) is 9.53. The smallest absolute Gasteiger partial charge is 0.0181 e. The first-order chi connectivity index (χ1) is 8.72. The van der Waals surface area contributed by atoms with Crippen molar-refractivity contribution in [2.24, 2.45) is 0 Å². The molecule has 3 rings (SSSR count). The molecule has 0 aliphatic carbocycles. The van der Waals surface area contributed by atoms with Crippen molar-refractivity contribution in [2.75, 3.05) is 0 Å². The molecule has 0 atom stereocenters. The van der Waals surface area contributed by atoms with Crippen LogP contribution in [0.2, 0.25) is 0 Å². The Bertz CT molecular complexity index is 719. The second-order valence-electron chi connectivity index (χ2n) is 4.22. The van der Waals surface area contributed by atoms with Gasteiger partial charge >= 0.3 is 0 Å². The van der Waals surface area contributed by atoms with Crippen LogP contribution in [0, 0.1) is 3.57 Å². The molecule has 18 heavy (non-hydrogen) atoms. The van der Waals surface area contributed by atoms with Crippen LogP contribution in [0.5, 0.6) is 0 Å². The first-order valence-electron chi connectivity index (χ1n) is 5.68. The maximum atomic E-state index is 3.52. The van der Waals surface area contributed by atoms with Gasteiger partial charge in [-0.05, 0) is 74.8 Å². The summed E-state index contributed by atoms with van der Waals surface area (Å²) in [5, 5.41) is 2.58. The second-order valence-corrected chi connectivity index (χ2v) is 6.38. The number of fused-ring (bicyclic) bond motifs is 1. The van der Waals surface area contributed by atoms with E-state index in [0.29, 0.717) is 0 Å². The van der Waals surface area contributed by atoms with Crippen LogP contribution in [0.15, 0.2) is 65.1 Å². The van der Waals surface area contributed by atoms with Crippen LogP contribution in [0.25, 0.3) is 21.9 Å². The topological polar surface area (TPSA) is 0 Å². The highest BCUT2D eigenvalue weighted by Crippen LogP contribution is 2.27. The Kier molecular flexibility index (Phi) is 3.39. The van der Waals surface area contributed by atoms with Crippen molar-refractivity contribution in [3.8, 4) is 11.1 Å². The summed E-state index contributed by atoms with van der Waals surface area (Å²) >= 11 is 5.86. The van der Waals surface area contributed by atoms with Crippen LogP contribution >= 0.6 is 38.5 Å². The number of rotatable bonds is 1. The van der Waals surface area contributed by atoms with Gasteiger partial charge in [-0.15, -0.1) is 0 Å².